The van der Waals surface area contributed by atoms with Crippen LogP contribution in [0.4, 0.5) is 0 Å². The number of nitrogens with one attached hydrogen (secondary N) is 1. The minimum atomic E-state index is -0.753. The van der Waals surface area contributed by atoms with E-state index in [1.54, 1.807) is 0 Å². The second kappa shape index (κ2) is 6.51. The third kappa shape index (κ3) is 4.03. The molecule has 1 fully saturated rings. The maximum Gasteiger partial charge on any atom is 0.0994 e. The van der Waals surface area contributed by atoms with Gasteiger partial charge in [0.25, 0.3) is 0 Å². The summed E-state index contributed by atoms with van der Waals surface area (Å²) in [7, 11) is 2.02. The van der Waals surface area contributed by atoms with Gasteiger partial charge in [0.15, 0.2) is 0 Å². The van der Waals surface area contributed by atoms with E-state index in [0.717, 1.165) is 37.7 Å². The van der Waals surface area contributed by atoms with Gasteiger partial charge < -0.3 is 15.3 Å². The molecule has 0 saturated carbocycles. The Morgan fingerprint density at radius 3 is 2.47 bits per heavy atom. The number of benzene rings is 1. The summed E-state index contributed by atoms with van der Waals surface area (Å²) in [5.74, 6) is 0.794. The molecule has 1 atom stereocenters. The van der Waals surface area contributed by atoms with Gasteiger partial charge in [-0.2, -0.15) is 0 Å². The van der Waals surface area contributed by atoms with Crippen molar-refractivity contribution in [1.29, 1.82) is 0 Å². The molecule has 0 spiro atoms. The first-order valence-corrected chi connectivity index (χ1v) is 7.26. The second-order valence-electron chi connectivity index (χ2n) is 5.92. The van der Waals surface area contributed by atoms with Gasteiger partial charge in [-0.3, -0.25) is 0 Å². The van der Waals surface area contributed by atoms with Gasteiger partial charge >= 0.3 is 0 Å². The Morgan fingerprint density at radius 1 is 1.26 bits per heavy atom. The van der Waals surface area contributed by atoms with Gasteiger partial charge in [0, 0.05) is 6.54 Å². The average Bonchev–Trinajstić information content (AvgIpc) is 2.42. The summed E-state index contributed by atoms with van der Waals surface area (Å²) in [5.41, 5.74) is 0.254. The van der Waals surface area contributed by atoms with Crippen LogP contribution in [-0.2, 0) is 5.60 Å². The zero-order valence-electron chi connectivity index (χ0n) is 12.1. The van der Waals surface area contributed by atoms with Crippen molar-refractivity contribution in [2.75, 3.05) is 33.2 Å². The maximum absolute atomic E-state index is 10.7. The van der Waals surface area contributed by atoms with Crippen LogP contribution in [0.15, 0.2) is 30.3 Å². The molecule has 3 nitrogen and oxygen atoms in total. The van der Waals surface area contributed by atoms with Crippen molar-refractivity contribution < 1.29 is 5.11 Å². The van der Waals surface area contributed by atoms with Crippen molar-refractivity contribution in [2.24, 2.45) is 5.92 Å². The summed E-state index contributed by atoms with van der Waals surface area (Å²) >= 11 is 0. The SMILES string of the molecule is CNCC1CCN(CC(C)(O)c2ccccc2)CC1. The Hall–Kier alpha value is -0.900. The smallest absolute Gasteiger partial charge is 0.0994 e. The second-order valence-corrected chi connectivity index (χ2v) is 5.92. The molecule has 1 aromatic carbocycles. The van der Waals surface area contributed by atoms with Crippen LogP contribution >= 0.6 is 0 Å². The van der Waals surface area contributed by atoms with E-state index in [-0.39, 0.29) is 0 Å². The molecule has 0 aromatic heterocycles. The molecule has 1 aromatic rings. The number of likely N-dealkylation sites (tertiary alicyclic amines) is 1. The highest BCUT2D eigenvalue weighted by Gasteiger charge is 2.28. The minimum Gasteiger partial charge on any atom is -0.384 e. The lowest BCUT2D eigenvalue weighted by molar-refractivity contribution is 0.00586. The van der Waals surface area contributed by atoms with Crippen LogP contribution in [0.5, 0.6) is 0 Å². The van der Waals surface area contributed by atoms with Crippen molar-refractivity contribution in [3.8, 4) is 0 Å². The van der Waals surface area contributed by atoms with Crippen LogP contribution in [0.3, 0.4) is 0 Å². The van der Waals surface area contributed by atoms with E-state index in [0.29, 0.717) is 0 Å². The molecule has 3 heteroatoms. The Morgan fingerprint density at radius 2 is 1.89 bits per heavy atom. The molecule has 1 saturated heterocycles. The lowest BCUT2D eigenvalue weighted by atomic mass is 9.92. The van der Waals surface area contributed by atoms with Crippen LogP contribution in [-0.4, -0.2) is 43.2 Å². The summed E-state index contributed by atoms with van der Waals surface area (Å²) in [6, 6.07) is 9.98. The van der Waals surface area contributed by atoms with E-state index in [2.05, 4.69) is 10.2 Å². The largest absolute Gasteiger partial charge is 0.384 e. The number of hydrogen-bond acceptors (Lipinski definition) is 3. The van der Waals surface area contributed by atoms with Gasteiger partial charge in [-0.15, -0.1) is 0 Å². The van der Waals surface area contributed by atoms with Gasteiger partial charge in [0.1, 0.15) is 0 Å². The molecule has 1 aliphatic heterocycles. The predicted molar refractivity (Wildman–Crippen MR) is 79.1 cm³/mol. The van der Waals surface area contributed by atoms with E-state index < -0.39 is 5.60 Å². The first-order chi connectivity index (χ1) is 9.12. The van der Waals surface area contributed by atoms with Gasteiger partial charge in [-0.1, -0.05) is 30.3 Å². The molecule has 106 valence electrons. The number of piperidine rings is 1. The summed E-state index contributed by atoms with van der Waals surface area (Å²) in [5, 5.41) is 13.9. The lowest BCUT2D eigenvalue weighted by Gasteiger charge is -2.36. The third-order valence-corrected chi connectivity index (χ3v) is 4.13. The van der Waals surface area contributed by atoms with Crippen LogP contribution in [0.25, 0.3) is 0 Å². The van der Waals surface area contributed by atoms with Crippen LogP contribution in [0, 0.1) is 5.92 Å². The summed E-state index contributed by atoms with van der Waals surface area (Å²) < 4.78 is 0. The Bertz CT molecular complexity index is 370. The molecule has 2 rings (SSSR count). The van der Waals surface area contributed by atoms with Crippen molar-refractivity contribution in [3.63, 3.8) is 0 Å². The quantitative estimate of drug-likeness (QED) is 0.850. The average molecular weight is 262 g/mol. The highest BCUT2D eigenvalue weighted by molar-refractivity contribution is 5.21. The number of rotatable bonds is 5. The Balaban J connectivity index is 1.88. The highest BCUT2D eigenvalue weighted by atomic mass is 16.3. The summed E-state index contributed by atoms with van der Waals surface area (Å²) in [6.07, 6.45) is 2.46. The molecular formula is C16H26N2O. The van der Waals surface area contributed by atoms with Gasteiger partial charge in [-0.05, 0) is 57.9 Å². The van der Waals surface area contributed by atoms with Crippen molar-refractivity contribution in [3.05, 3.63) is 35.9 Å². The molecule has 1 aliphatic rings. The number of nitrogens with zero attached hydrogens (tertiary/aromatic N) is 1. The molecule has 0 amide bonds. The van der Waals surface area contributed by atoms with E-state index in [1.165, 1.54) is 12.8 Å². The van der Waals surface area contributed by atoms with E-state index in [4.69, 9.17) is 0 Å². The van der Waals surface area contributed by atoms with E-state index in [1.807, 2.05) is 44.3 Å². The number of hydrogen-bond donors (Lipinski definition) is 2. The molecular weight excluding hydrogens is 236 g/mol. The zero-order chi connectivity index (χ0) is 13.7. The lowest BCUT2D eigenvalue weighted by Crippen LogP contribution is -2.44. The normalized spacial score (nSPS) is 21.2. The molecule has 19 heavy (non-hydrogen) atoms. The maximum atomic E-state index is 10.7. The number of aliphatic hydroxyl groups is 1. The van der Waals surface area contributed by atoms with Crippen LogP contribution < -0.4 is 5.32 Å². The Labute approximate surface area is 116 Å². The fourth-order valence-electron chi connectivity index (χ4n) is 2.96. The minimum absolute atomic E-state index is 0.725. The molecule has 2 N–H and O–H groups in total. The van der Waals surface area contributed by atoms with Crippen molar-refractivity contribution in [1.82, 2.24) is 10.2 Å². The zero-order valence-corrected chi connectivity index (χ0v) is 12.1. The first kappa shape index (κ1) is 14.5. The van der Waals surface area contributed by atoms with E-state index >= 15 is 0 Å². The monoisotopic (exact) mass is 262 g/mol. The molecule has 1 unspecified atom stereocenters. The topological polar surface area (TPSA) is 35.5 Å². The fraction of sp³-hybridized carbons (Fsp3) is 0.625. The van der Waals surface area contributed by atoms with Gasteiger partial charge in [0.05, 0.1) is 5.60 Å². The predicted octanol–water partition coefficient (Wildman–Crippen LogP) is 1.83. The Kier molecular flexibility index (Phi) is 4.97. The number of β-amino-alcohol motifs (C(OH)–C–C–N with tert-alkyl or cyclic N) is 1. The fourth-order valence-corrected chi connectivity index (χ4v) is 2.96. The van der Waals surface area contributed by atoms with Crippen molar-refractivity contribution in [2.45, 2.75) is 25.4 Å². The highest BCUT2D eigenvalue weighted by Crippen LogP contribution is 2.24. The molecule has 0 bridgehead atoms. The van der Waals surface area contributed by atoms with Crippen LogP contribution in [0.1, 0.15) is 25.3 Å². The van der Waals surface area contributed by atoms with E-state index in [9.17, 15) is 5.11 Å². The van der Waals surface area contributed by atoms with Gasteiger partial charge in [-0.25, -0.2) is 0 Å². The van der Waals surface area contributed by atoms with Gasteiger partial charge in [0.2, 0.25) is 0 Å². The summed E-state index contributed by atoms with van der Waals surface area (Å²) in [6.45, 7) is 5.94. The molecule has 0 aliphatic carbocycles. The van der Waals surface area contributed by atoms with Crippen LogP contribution in [0.2, 0.25) is 0 Å². The third-order valence-electron chi connectivity index (χ3n) is 4.13. The molecule has 1 heterocycles. The standard InChI is InChI=1S/C16H26N2O/c1-16(19,15-6-4-3-5-7-15)13-18-10-8-14(9-11-18)12-17-2/h3-7,14,17,19H,8-13H2,1-2H3. The molecule has 0 radical (unpaired) electrons. The first-order valence-electron chi connectivity index (χ1n) is 7.26. The summed E-state index contributed by atoms with van der Waals surface area (Å²) in [4.78, 5) is 2.39. The van der Waals surface area contributed by atoms with Crippen molar-refractivity contribution >= 4 is 0 Å².